The Morgan fingerprint density at radius 1 is 1.09 bits per heavy atom. The molecule has 114 valence electrons. The summed E-state index contributed by atoms with van der Waals surface area (Å²) in [7, 11) is 0. The zero-order chi connectivity index (χ0) is 16.4. The predicted molar refractivity (Wildman–Crippen MR) is 84.0 cm³/mol. The molecular formula is C18H15N3O2. The lowest BCUT2D eigenvalue weighted by atomic mass is 9.91. The van der Waals surface area contributed by atoms with Crippen LogP contribution >= 0.6 is 0 Å². The van der Waals surface area contributed by atoms with Crippen molar-refractivity contribution in [2.45, 2.75) is 19.0 Å². The third kappa shape index (κ3) is 2.55. The predicted octanol–water partition coefficient (Wildman–Crippen LogP) is 2.53. The van der Waals surface area contributed by atoms with Crippen LogP contribution in [0.15, 0.2) is 54.6 Å². The fourth-order valence-corrected chi connectivity index (χ4v) is 2.68. The topological polar surface area (TPSA) is 73.2 Å². The van der Waals surface area contributed by atoms with E-state index in [0.29, 0.717) is 11.1 Å². The van der Waals surface area contributed by atoms with Gasteiger partial charge in [0.25, 0.3) is 5.91 Å². The van der Waals surface area contributed by atoms with Crippen LogP contribution in [0.5, 0.6) is 0 Å². The third-order valence-electron chi connectivity index (χ3n) is 4.05. The summed E-state index contributed by atoms with van der Waals surface area (Å²) < 4.78 is 0. The summed E-state index contributed by atoms with van der Waals surface area (Å²) in [5, 5.41) is 11.6. The molecule has 0 saturated carbocycles. The van der Waals surface area contributed by atoms with Crippen molar-refractivity contribution in [1.82, 2.24) is 10.2 Å². The van der Waals surface area contributed by atoms with E-state index < -0.39 is 11.6 Å². The smallest absolute Gasteiger partial charge is 0.319 e. The molecule has 2 aromatic rings. The quantitative estimate of drug-likeness (QED) is 0.886. The summed E-state index contributed by atoms with van der Waals surface area (Å²) >= 11 is 0. The van der Waals surface area contributed by atoms with Crippen molar-refractivity contribution in [1.29, 1.82) is 5.26 Å². The van der Waals surface area contributed by atoms with Crippen LogP contribution in [0.4, 0.5) is 4.79 Å². The molecule has 5 heteroatoms. The van der Waals surface area contributed by atoms with Gasteiger partial charge in [0.2, 0.25) is 0 Å². The molecular weight excluding hydrogens is 290 g/mol. The molecule has 2 aromatic carbocycles. The highest BCUT2D eigenvalue weighted by Gasteiger charge is 2.48. The number of amides is 3. The Morgan fingerprint density at radius 3 is 2.35 bits per heavy atom. The third-order valence-corrected chi connectivity index (χ3v) is 4.05. The van der Waals surface area contributed by atoms with Crippen LogP contribution in [0, 0.1) is 11.3 Å². The van der Waals surface area contributed by atoms with Gasteiger partial charge in [0.1, 0.15) is 5.54 Å². The number of benzene rings is 2. The highest BCUT2D eigenvalue weighted by atomic mass is 16.2. The van der Waals surface area contributed by atoms with E-state index >= 15 is 0 Å². The number of nitrogens with zero attached hydrogens (tertiary/aromatic N) is 2. The lowest BCUT2D eigenvalue weighted by Gasteiger charge is -2.22. The number of imide groups is 1. The first kappa shape index (κ1) is 14.8. The van der Waals surface area contributed by atoms with Gasteiger partial charge in [-0.05, 0) is 30.2 Å². The summed E-state index contributed by atoms with van der Waals surface area (Å²) in [5.74, 6) is -0.295. The molecule has 1 aliphatic heterocycles. The zero-order valence-corrected chi connectivity index (χ0v) is 12.6. The van der Waals surface area contributed by atoms with Crippen LogP contribution in [0.3, 0.4) is 0 Å². The molecule has 1 atom stereocenters. The monoisotopic (exact) mass is 305 g/mol. The Balaban J connectivity index is 1.88. The van der Waals surface area contributed by atoms with E-state index in [1.165, 1.54) is 4.90 Å². The number of rotatable bonds is 3. The second-order valence-electron chi connectivity index (χ2n) is 5.62. The zero-order valence-electron chi connectivity index (χ0n) is 12.6. The van der Waals surface area contributed by atoms with Crippen LogP contribution in [-0.2, 0) is 16.9 Å². The minimum atomic E-state index is -1.11. The van der Waals surface area contributed by atoms with Crippen molar-refractivity contribution in [3.63, 3.8) is 0 Å². The first-order chi connectivity index (χ1) is 11.0. The average Bonchev–Trinajstić information content (AvgIpc) is 2.80. The van der Waals surface area contributed by atoms with Crippen molar-refractivity contribution >= 4 is 11.9 Å². The summed E-state index contributed by atoms with van der Waals surface area (Å²) in [6.45, 7) is 1.91. The number of hydrogen-bond donors (Lipinski definition) is 1. The first-order valence-corrected chi connectivity index (χ1v) is 7.23. The summed E-state index contributed by atoms with van der Waals surface area (Å²) in [5.41, 5.74) is 0.945. The van der Waals surface area contributed by atoms with Gasteiger partial charge in [0.15, 0.2) is 0 Å². The summed E-state index contributed by atoms with van der Waals surface area (Å²) in [4.78, 5) is 26.2. The summed E-state index contributed by atoms with van der Waals surface area (Å²) in [6.07, 6.45) is 0. The van der Waals surface area contributed by atoms with Crippen molar-refractivity contribution in [2.24, 2.45) is 0 Å². The fraction of sp³-hybridized carbons (Fsp3) is 0.167. The van der Waals surface area contributed by atoms with E-state index in [4.69, 9.17) is 5.26 Å². The Kier molecular flexibility index (Phi) is 3.59. The fourth-order valence-electron chi connectivity index (χ4n) is 2.68. The Labute approximate surface area is 134 Å². The largest absolute Gasteiger partial charge is 0.325 e. The molecule has 1 N–H and O–H groups in total. The van der Waals surface area contributed by atoms with Gasteiger partial charge >= 0.3 is 6.03 Å². The average molecular weight is 305 g/mol. The van der Waals surface area contributed by atoms with Gasteiger partial charge in [-0.15, -0.1) is 0 Å². The van der Waals surface area contributed by atoms with E-state index in [1.54, 1.807) is 31.2 Å². The van der Waals surface area contributed by atoms with E-state index in [2.05, 4.69) is 5.32 Å². The number of carbonyl (C=O) groups excluding carboxylic acids is 2. The normalized spacial score (nSPS) is 20.3. The minimum absolute atomic E-state index is 0.234. The lowest BCUT2D eigenvalue weighted by Crippen LogP contribution is -2.40. The van der Waals surface area contributed by atoms with Crippen LogP contribution in [-0.4, -0.2) is 16.8 Å². The maximum atomic E-state index is 12.8. The van der Waals surface area contributed by atoms with Gasteiger partial charge in [-0.1, -0.05) is 42.5 Å². The molecule has 1 heterocycles. The maximum absolute atomic E-state index is 12.8. The standard InChI is InChI=1S/C18H15N3O2/c1-18(15-9-7-13(11-19)8-10-15)16(22)21(17(23)20-18)12-14-5-3-2-4-6-14/h2-10H,12H2,1H3,(H,20,23). The molecule has 0 radical (unpaired) electrons. The van der Waals surface area contributed by atoms with Gasteiger partial charge in [0.05, 0.1) is 18.2 Å². The highest BCUT2D eigenvalue weighted by molar-refractivity contribution is 6.07. The molecule has 1 unspecified atom stereocenters. The van der Waals surface area contributed by atoms with Gasteiger partial charge in [0, 0.05) is 0 Å². The molecule has 3 rings (SSSR count). The van der Waals surface area contributed by atoms with Gasteiger partial charge in [-0.3, -0.25) is 9.69 Å². The molecule has 0 aliphatic carbocycles. The summed E-state index contributed by atoms with van der Waals surface area (Å²) in [6, 6.07) is 17.7. The first-order valence-electron chi connectivity index (χ1n) is 7.23. The van der Waals surface area contributed by atoms with E-state index in [1.807, 2.05) is 36.4 Å². The molecule has 1 aliphatic rings. The highest BCUT2D eigenvalue weighted by Crippen LogP contribution is 2.29. The Hall–Kier alpha value is -3.13. The van der Waals surface area contributed by atoms with Crippen LogP contribution in [0.25, 0.3) is 0 Å². The molecule has 0 spiro atoms. The van der Waals surface area contributed by atoms with Crippen molar-refractivity contribution in [3.8, 4) is 6.07 Å². The molecule has 5 nitrogen and oxygen atoms in total. The van der Waals surface area contributed by atoms with Gasteiger partial charge in [-0.25, -0.2) is 4.79 Å². The Morgan fingerprint density at radius 2 is 1.74 bits per heavy atom. The molecule has 1 saturated heterocycles. The van der Waals surface area contributed by atoms with Gasteiger partial charge in [-0.2, -0.15) is 5.26 Å². The number of nitrogens with one attached hydrogen (secondary N) is 1. The SMILES string of the molecule is CC1(c2ccc(C#N)cc2)NC(=O)N(Cc2ccccc2)C1=O. The second kappa shape index (κ2) is 5.58. The molecule has 3 amide bonds. The van der Waals surface area contributed by atoms with Crippen LogP contribution in [0.2, 0.25) is 0 Å². The maximum Gasteiger partial charge on any atom is 0.325 e. The molecule has 0 bridgehead atoms. The minimum Gasteiger partial charge on any atom is -0.319 e. The number of nitriles is 1. The van der Waals surface area contributed by atoms with E-state index in [-0.39, 0.29) is 12.5 Å². The van der Waals surface area contributed by atoms with Gasteiger partial charge < -0.3 is 5.32 Å². The number of carbonyl (C=O) groups is 2. The molecule has 1 fully saturated rings. The van der Waals surface area contributed by atoms with Crippen LogP contribution < -0.4 is 5.32 Å². The second-order valence-corrected chi connectivity index (χ2v) is 5.62. The van der Waals surface area contributed by atoms with Crippen molar-refractivity contribution in [2.75, 3.05) is 0 Å². The van der Waals surface area contributed by atoms with Crippen LogP contribution in [0.1, 0.15) is 23.6 Å². The number of hydrogen-bond acceptors (Lipinski definition) is 3. The van der Waals surface area contributed by atoms with Crippen molar-refractivity contribution in [3.05, 3.63) is 71.3 Å². The van der Waals surface area contributed by atoms with E-state index in [9.17, 15) is 9.59 Å². The molecule has 23 heavy (non-hydrogen) atoms. The number of urea groups is 1. The van der Waals surface area contributed by atoms with E-state index in [0.717, 1.165) is 5.56 Å². The van der Waals surface area contributed by atoms with Crippen molar-refractivity contribution < 1.29 is 9.59 Å². The molecule has 0 aromatic heterocycles. The Bertz CT molecular complexity index is 793. The lowest BCUT2D eigenvalue weighted by molar-refractivity contribution is -0.131.